The number of carbonyl (C=O) groups is 1. The van der Waals surface area contributed by atoms with Crippen LogP contribution < -0.4 is 16.4 Å². The standard InChI is InChI=1S/C35H31FN4O4/c1-3-32(42)37-18-22-7-4-6-21(14-22)15-29-34(43)39(2)19-30(38-29)26-8-5-9-31(27(26)20-41)40-13-12-24-16-25(23-10-11-23)17-28(36)33(24)35(40)44/h3-9,12-14,16-17,19,23,41H,1,10-11,15,18,20H2,2H3,(H,37,42). The number of hydrogen-bond donors (Lipinski definition) is 2. The molecule has 44 heavy (non-hydrogen) atoms. The molecule has 0 radical (unpaired) electrons. The first-order valence-electron chi connectivity index (χ1n) is 14.4. The highest BCUT2D eigenvalue weighted by molar-refractivity contribution is 5.86. The van der Waals surface area contributed by atoms with Gasteiger partial charge in [-0.15, -0.1) is 0 Å². The maximum Gasteiger partial charge on any atom is 0.272 e. The predicted molar refractivity (Wildman–Crippen MR) is 167 cm³/mol. The van der Waals surface area contributed by atoms with Crippen molar-refractivity contribution >= 4 is 16.7 Å². The van der Waals surface area contributed by atoms with Crippen LogP contribution in [0.2, 0.25) is 0 Å². The fourth-order valence-corrected chi connectivity index (χ4v) is 5.62. The van der Waals surface area contributed by atoms with E-state index in [1.54, 1.807) is 43.7 Å². The second-order valence-corrected chi connectivity index (χ2v) is 11.1. The highest BCUT2D eigenvalue weighted by atomic mass is 19.1. The van der Waals surface area contributed by atoms with Gasteiger partial charge in [0.2, 0.25) is 5.91 Å². The summed E-state index contributed by atoms with van der Waals surface area (Å²) in [5.41, 5.74) is 3.91. The van der Waals surface area contributed by atoms with E-state index in [1.807, 2.05) is 30.3 Å². The van der Waals surface area contributed by atoms with Gasteiger partial charge in [-0.05, 0) is 65.1 Å². The van der Waals surface area contributed by atoms with Crippen LogP contribution in [0.15, 0.2) is 95.3 Å². The van der Waals surface area contributed by atoms with Crippen LogP contribution in [0, 0.1) is 5.82 Å². The third kappa shape index (κ3) is 5.61. The summed E-state index contributed by atoms with van der Waals surface area (Å²) in [5.74, 6) is -0.483. The van der Waals surface area contributed by atoms with E-state index in [4.69, 9.17) is 4.98 Å². The number of aliphatic hydroxyl groups is 1. The topological polar surface area (TPSA) is 106 Å². The van der Waals surface area contributed by atoms with Crippen LogP contribution in [0.4, 0.5) is 4.39 Å². The number of fused-ring (bicyclic) bond motifs is 1. The molecule has 0 bridgehead atoms. The van der Waals surface area contributed by atoms with E-state index in [0.29, 0.717) is 46.1 Å². The van der Waals surface area contributed by atoms with Crippen molar-refractivity contribution < 1.29 is 14.3 Å². The zero-order chi connectivity index (χ0) is 31.0. The molecule has 2 N–H and O–H groups in total. The fourth-order valence-electron chi connectivity index (χ4n) is 5.62. The van der Waals surface area contributed by atoms with E-state index >= 15 is 4.39 Å². The van der Waals surface area contributed by atoms with E-state index in [0.717, 1.165) is 29.5 Å². The molecule has 1 aliphatic carbocycles. The van der Waals surface area contributed by atoms with Crippen LogP contribution >= 0.6 is 0 Å². The lowest BCUT2D eigenvalue weighted by atomic mass is 10.0. The molecule has 0 saturated heterocycles. The van der Waals surface area contributed by atoms with Gasteiger partial charge in [0.05, 0.1) is 23.4 Å². The number of halogens is 1. The lowest BCUT2D eigenvalue weighted by molar-refractivity contribution is -0.116. The number of rotatable bonds is 9. The Kier molecular flexibility index (Phi) is 7.80. The first kappa shape index (κ1) is 28.9. The number of nitrogens with one attached hydrogen (secondary N) is 1. The number of aromatic nitrogens is 3. The quantitative estimate of drug-likeness (QED) is 0.243. The van der Waals surface area contributed by atoms with Gasteiger partial charge in [0, 0.05) is 43.5 Å². The van der Waals surface area contributed by atoms with E-state index in [-0.39, 0.29) is 23.3 Å². The number of nitrogens with zero attached hydrogens (tertiary/aromatic N) is 3. The SMILES string of the molecule is C=CC(=O)NCc1cccc(Cc2nc(-c3cccc(-n4ccc5cc(C6CC6)cc(F)c5c4=O)c3CO)cn(C)c2=O)c1. The average Bonchev–Trinajstić information content (AvgIpc) is 3.88. The molecule has 1 saturated carbocycles. The maximum atomic E-state index is 15.2. The average molecular weight is 591 g/mol. The van der Waals surface area contributed by atoms with Crippen molar-refractivity contribution in [3.8, 4) is 16.9 Å². The molecular formula is C35H31FN4O4. The Morgan fingerprint density at radius 1 is 1.09 bits per heavy atom. The molecule has 1 amide bonds. The third-order valence-corrected chi connectivity index (χ3v) is 8.03. The Morgan fingerprint density at radius 3 is 2.61 bits per heavy atom. The van der Waals surface area contributed by atoms with Crippen LogP contribution in [-0.4, -0.2) is 25.1 Å². The number of hydrogen-bond acceptors (Lipinski definition) is 5. The lowest BCUT2D eigenvalue weighted by Gasteiger charge is -2.16. The van der Waals surface area contributed by atoms with Gasteiger partial charge >= 0.3 is 0 Å². The number of aliphatic hydroxyl groups excluding tert-OH is 1. The first-order chi connectivity index (χ1) is 21.3. The number of aryl methyl sites for hydroxylation is 1. The molecule has 0 aliphatic heterocycles. The van der Waals surface area contributed by atoms with Crippen LogP contribution in [-0.2, 0) is 31.4 Å². The number of carbonyl (C=O) groups excluding carboxylic acids is 1. The lowest BCUT2D eigenvalue weighted by Crippen LogP contribution is -2.24. The molecule has 222 valence electrons. The van der Waals surface area contributed by atoms with Crippen LogP contribution in [0.5, 0.6) is 0 Å². The molecule has 5 aromatic rings. The molecule has 2 heterocycles. The van der Waals surface area contributed by atoms with Gasteiger partial charge in [0.15, 0.2) is 0 Å². The Hall–Kier alpha value is -5.15. The fraction of sp³-hybridized carbons (Fsp3) is 0.200. The highest BCUT2D eigenvalue weighted by Crippen LogP contribution is 2.41. The normalized spacial score (nSPS) is 12.8. The Morgan fingerprint density at radius 2 is 1.86 bits per heavy atom. The molecule has 0 atom stereocenters. The van der Waals surface area contributed by atoms with Crippen molar-refractivity contribution in [2.75, 3.05) is 0 Å². The van der Waals surface area contributed by atoms with Crippen molar-refractivity contribution in [1.82, 2.24) is 19.4 Å². The Balaban J connectivity index is 1.39. The van der Waals surface area contributed by atoms with E-state index in [2.05, 4.69) is 11.9 Å². The third-order valence-electron chi connectivity index (χ3n) is 8.03. The molecule has 0 spiro atoms. The van der Waals surface area contributed by atoms with Gasteiger partial charge in [0.25, 0.3) is 11.1 Å². The zero-order valence-electron chi connectivity index (χ0n) is 24.2. The van der Waals surface area contributed by atoms with E-state index in [9.17, 15) is 19.5 Å². The summed E-state index contributed by atoms with van der Waals surface area (Å²) in [6.45, 7) is 3.35. The second-order valence-electron chi connectivity index (χ2n) is 11.1. The molecule has 2 aromatic heterocycles. The van der Waals surface area contributed by atoms with Crippen molar-refractivity contribution in [3.05, 3.63) is 140 Å². The van der Waals surface area contributed by atoms with Crippen molar-refractivity contribution in [3.63, 3.8) is 0 Å². The van der Waals surface area contributed by atoms with Gasteiger partial charge in [-0.1, -0.05) is 49.0 Å². The van der Waals surface area contributed by atoms with Crippen molar-refractivity contribution in [2.24, 2.45) is 7.05 Å². The second kappa shape index (κ2) is 11.9. The minimum absolute atomic E-state index is 0.000000599. The van der Waals surface area contributed by atoms with Crippen LogP contribution in [0.3, 0.4) is 0 Å². The van der Waals surface area contributed by atoms with Gasteiger partial charge in [-0.25, -0.2) is 9.37 Å². The minimum atomic E-state index is -0.554. The van der Waals surface area contributed by atoms with Gasteiger partial charge in [-0.3, -0.25) is 19.0 Å². The van der Waals surface area contributed by atoms with Crippen LogP contribution in [0.1, 0.15) is 46.7 Å². The van der Waals surface area contributed by atoms with Gasteiger partial charge < -0.3 is 15.0 Å². The van der Waals surface area contributed by atoms with Crippen LogP contribution in [0.25, 0.3) is 27.7 Å². The highest BCUT2D eigenvalue weighted by Gasteiger charge is 2.25. The predicted octanol–water partition coefficient (Wildman–Crippen LogP) is 4.65. The van der Waals surface area contributed by atoms with Gasteiger partial charge in [0.1, 0.15) is 11.5 Å². The molecule has 1 aliphatic rings. The maximum absolute atomic E-state index is 15.2. The molecular weight excluding hydrogens is 559 g/mol. The summed E-state index contributed by atoms with van der Waals surface area (Å²) >= 11 is 0. The monoisotopic (exact) mass is 590 g/mol. The van der Waals surface area contributed by atoms with Crippen molar-refractivity contribution in [1.29, 1.82) is 0 Å². The first-order valence-corrected chi connectivity index (χ1v) is 14.4. The summed E-state index contributed by atoms with van der Waals surface area (Å²) in [6.07, 6.45) is 6.69. The molecule has 9 heteroatoms. The summed E-state index contributed by atoms with van der Waals surface area (Å²) in [5, 5.41) is 13.8. The minimum Gasteiger partial charge on any atom is -0.392 e. The van der Waals surface area contributed by atoms with E-state index < -0.39 is 18.0 Å². The summed E-state index contributed by atoms with van der Waals surface area (Å²) in [6, 6.07) is 17.8. The largest absolute Gasteiger partial charge is 0.392 e. The number of benzene rings is 3. The molecule has 0 unspecified atom stereocenters. The Labute approximate surface area is 252 Å². The molecule has 8 nitrogen and oxygen atoms in total. The number of pyridine rings is 1. The van der Waals surface area contributed by atoms with Crippen molar-refractivity contribution in [2.45, 2.75) is 38.3 Å². The summed E-state index contributed by atoms with van der Waals surface area (Å²) < 4.78 is 18.0. The smallest absolute Gasteiger partial charge is 0.272 e. The van der Waals surface area contributed by atoms with E-state index in [1.165, 1.54) is 21.3 Å². The molecule has 3 aromatic carbocycles. The molecule has 1 fully saturated rings. The zero-order valence-corrected chi connectivity index (χ0v) is 24.2. The number of amides is 1. The summed E-state index contributed by atoms with van der Waals surface area (Å²) in [4.78, 5) is 43.0. The van der Waals surface area contributed by atoms with Gasteiger partial charge in [-0.2, -0.15) is 0 Å². The molecule has 6 rings (SSSR count). The Bertz CT molecular complexity index is 2060. The summed E-state index contributed by atoms with van der Waals surface area (Å²) in [7, 11) is 1.63.